The van der Waals surface area contributed by atoms with Gasteiger partial charge >= 0.3 is 12.1 Å². The van der Waals surface area contributed by atoms with Gasteiger partial charge in [0.15, 0.2) is 5.82 Å². The minimum Gasteiger partial charge on any atom is -0.467 e. The number of pyridine rings is 1. The van der Waals surface area contributed by atoms with E-state index in [0.717, 1.165) is 0 Å². The summed E-state index contributed by atoms with van der Waals surface area (Å²) in [7, 11) is 1.40. The third kappa shape index (κ3) is 9.64. The Balaban J connectivity index is 0.000000513. The third-order valence-corrected chi connectivity index (χ3v) is 8.01. The number of aromatic nitrogens is 3. The zero-order valence-electron chi connectivity index (χ0n) is 29.6. The highest BCUT2D eigenvalue weighted by molar-refractivity contribution is 6.36. The van der Waals surface area contributed by atoms with Crippen molar-refractivity contribution in [3.8, 4) is 23.3 Å². The summed E-state index contributed by atoms with van der Waals surface area (Å²) in [5.41, 5.74) is -0.254. The number of fused-ring (bicyclic) bond motifs is 2. The predicted octanol–water partition coefficient (Wildman–Crippen LogP) is 8.11. The van der Waals surface area contributed by atoms with Crippen LogP contribution in [0.15, 0.2) is 36.5 Å². The van der Waals surface area contributed by atoms with Crippen molar-refractivity contribution in [2.24, 2.45) is 0 Å². The maximum absolute atomic E-state index is 16.1. The predicted molar refractivity (Wildman–Crippen MR) is 191 cm³/mol. The molecule has 264 valence electrons. The van der Waals surface area contributed by atoms with Gasteiger partial charge in [-0.15, -0.1) is 0 Å². The monoisotopic (exact) mass is 697 g/mol. The molecule has 2 fully saturated rings. The van der Waals surface area contributed by atoms with E-state index in [9.17, 15) is 9.18 Å². The molecule has 49 heavy (non-hydrogen) atoms. The number of nitrogens with zero attached hydrogens (tertiary/aromatic N) is 7. The molecule has 0 atom stereocenters. The van der Waals surface area contributed by atoms with E-state index in [4.69, 9.17) is 26.3 Å². The Morgan fingerprint density at radius 3 is 2.22 bits per heavy atom. The Bertz CT molecular complexity index is 1760. The van der Waals surface area contributed by atoms with Crippen LogP contribution in [0.2, 0.25) is 5.02 Å². The highest BCUT2D eigenvalue weighted by atomic mass is 35.5. The second-order valence-corrected chi connectivity index (χ2v) is 12.3. The average Bonchev–Trinajstić information content (AvgIpc) is 3.06. The number of rotatable bonds is 4. The van der Waals surface area contributed by atoms with Gasteiger partial charge in [0.05, 0.1) is 23.6 Å². The lowest BCUT2D eigenvalue weighted by Gasteiger charge is -2.36. The Kier molecular flexibility index (Phi) is 14.3. The molecule has 0 saturated carbocycles. The maximum atomic E-state index is 16.1. The SMILES string of the molecule is CC.CC#N.CCN1CCC1.COc1nc(N2CCN(C(=O)OC(C)(C)C)CC2)c2cnc(-c3cccc4ccc(F)c(Cl)c34)c(F)c2n1. The molecule has 1 amide bonds. The standard InChI is InChI=1S/C27H26ClF2N5O3.C5H11N.C2H3N.C2H6/c1-27(2,3)38-26(36)35-12-10-34(11-13-35)24-17-14-31-22(21(30)23(17)32-25(33-24)37-4)16-7-5-6-15-8-9-18(29)20(28)19(15)16;1-2-6-4-3-5-6;1-2-3;1-2/h5-9,14H,10-13H2,1-4H3;2-5H2,1H3;1H3;1-2H3. The number of benzene rings is 2. The van der Waals surface area contributed by atoms with Crippen molar-refractivity contribution in [1.29, 1.82) is 5.26 Å². The molecule has 13 heteroatoms. The summed E-state index contributed by atoms with van der Waals surface area (Å²) in [6, 6.07) is 9.72. The zero-order valence-corrected chi connectivity index (χ0v) is 30.4. The van der Waals surface area contributed by atoms with E-state index in [1.165, 1.54) is 52.4 Å². The molecule has 2 aromatic carbocycles. The van der Waals surface area contributed by atoms with Crippen molar-refractivity contribution >= 4 is 45.2 Å². The van der Waals surface area contributed by atoms with Gasteiger partial charge in [-0.25, -0.2) is 13.6 Å². The van der Waals surface area contributed by atoms with E-state index < -0.39 is 17.2 Å². The molecule has 2 aliphatic heterocycles. The number of carbonyl (C=O) groups excluding carboxylic acids is 1. The summed E-state index contributed by atoms with van der Waals surface area (Å²) in [4.78, 5) is 31.6. The Morgan fingerprint density at radius 2 is 1.69 bits per heavy atom. The normalized spacial score (nSPS) is 14.2. The van der Waals surface area contributed by atoms with Crippen LogP contribution < -0.4 is 9.64 Å². The Labute approximate surface area is 292 Å². The van der Waals surface area contributed by atoms with E-state index in [0.29, 0.717) is 53.7 Å². The van der Waals surface area contributed by atoms with Crippen molar-refractivity contribution in [2.75, 3.05) is 57.8 Å². The third-order valence-electron chi connectivity index (χ3n) is 7.64. The van der Waals surface area contributed by atoms with E-state index in [1.807, 2.05) is 39.5 Å². The number of carbonyl (C=O) groups is 1. The van der Waals surface area contributed by atoms with Gasteiger partial charge < -0.3 is 24.2 Å². The van der Waals surface area contributed by atoms with Crippen molar-refractivity contribution in [3.05, 3.63) is 53.2 Å². The molecule has 6 rings (SSSR count). The lowest BCUT2D eigenvalue weighted by molar-refractivity contribution is 0.0240. The van der Waals surface area contributed by atoms with Crippen LogP contribution in [0.3, 0.4) is 0 Å². The van der Waals surface area contributed by atoms with Crippen molar-refractivity contribution < 1.29 is 23.0 Å². The van der Waals surface area contributed by atoms with Gasteiger partial charge in [-0.2, -0.15) is 15.2 Å². The van der Waals surface area contributed by atoms with Gasteiger partial charge in [0.25, 0.3) is 0 Å². The zero-order chi connectivity index (χ0) is 36.3. The Hall–Kier alpha value is -4.34. The second kappa shape index (κ2) is 17.9. The summed E-state index contributed by atoms with van der Waals surface area (Å²) < 4.78 is 41.1. The first-order chi connectivity index (χ1) is 23.4. The molecule has 0 N–H and O–H groups in total. The van der Waals surface area contributed by atoms with Crippen LogP contribution in [0.25, 0.3) is 32.9 Å². The molecule has 0 aliphatic carbocycles. The van der Waals surface area contributed by atoms with Crippen LogP contribution in [0.5, 0.6) is 6.01 Å². The molecule has 4 aromatic rings. The summed E-state index contributed by atoms with van der Waals surface area (Å²) in [6.07, 6.45) is 2.53. The average molecular weight is 698 g/mol. The van der Waals surface area contributed by atoms with Crippen LogP contribution in [0, 0.1) is 23.0 Å². The first kappa shape index (κ1) is 39.1. The Morgan fingerprint density at radius 1 is 1.04 bits per heavy atom. The lowest BCUT2D eigenvalue weighted by Crippen LogP contribution is -2.50. The molecule has 2 aromatic heterocycles. The molecule has 0 bridgehead atoms. The minimum absolute atomic E-state index is 0.0101. The number of ether oxygens (including phenoxy) is 2. The van der Waals surface area contributed by atoms with Crippen LogP contribution >= 0.6 is 11.6 Å². The number of likely N-dealkylation sites (tertiary alicyclic amines) is 1. The van der Waals surface area contributed by atoms with Crippen LogP contribution in [0.1, 0.15) is 54.9 Å². The molecule has 0 spiro atoms. The van der Waals surface area contributed by atoms with E-state index >= 15 is 4.39 Å². The topological polar surface area (TPSA) is 108 Å². The largest absolute Gasteiger partial charge is 0.467 e. The molecule has 2 saturated heterocycles. The molecular weight excluding hydrogens is 652 g/mol. The first-order valence-electron chi connectivity index (χ1n) is 16.5. The molecule has 4 heterocycles. The van der Waals surface area contributed by atoms with Gasteiger partial charge in [-0.05, 0) is 58.3 Å². The fraction of sp³-hybridized carbons (Fsp3) is 0.472. The van der Waals surface area contributed by atoms with Crippen LogP contribution in [0.4, 0.5) is 19.4 Å². The van der Waals surface area contributed by atoms with Gasteiger partial charge in [0, 0.05) is 50.2 Å². The number of methoxy groups -OCH3 is 1. The van der Waals surface area contributed by atoms with Crippen LogP contribution in [-0.2, 0) is 4.74 Å². The fourth-order valence-corrected chi connectivity index (χ4v) is 5.45. The number of amides is 1. The molecule has 0 unspecified atom stereocenters. The molecular formula is C36H46ClF2N7O3. The minimum atomic E-state index is -0.704. The van der Waals surface area contributed by atoms with Crippen LogP contribution in [-0.4, -0.2) is 89.4 Å². The van der Waals surface area contributed by atoms with E-state index in [-0.39, 0.29) is 28.3 Å². The lowest BCUT2D eigenvalue weighted by atomic mass is 10.0. The van der Waals surface area contributed by atoms with Gasteiger partial charge in [-0.3, -0.25) is 4.98 Å². The maximum Gasteiger partial charge on any atom is 0.410 e. The number of halogens is 3. The van der Waals surface area contributed by atoms with E-state index in [2.05, 4.69) is 26.8 Å². The molecule has 0 radical (unpaired) electrons. The quantitative estimate of drug-likeness (QED) is 0.209. The van der Waals surface area contributed by atoms with Crippen molar-refractivity contribution in [3.63, 3.8) is 0 Å². The number of hydrogen-bond acceptors (Lipinski definition) is 9. The number of piperazine rings is 1. The second-order valence-electron chi connectivity index (χ2n) is 11.9. The number of hydrogen-bond donors (Lipinski definition) is 0. The molecule has 10 nitrogen and oxygen atoms in total. The fourth-order valence-electron chi connectivity index (χ4n) is 5.17. The van der Waals surface area contributed by atoms with Gasteiger partial charge in [-0.1, -0.05) is 56.6 Å². The van der Waals surface area contributed by atoms with Gasteiger partial charge in [0.2, 0.25) is 0 Å². The molecule has 2 aliphatic rings. The smallest absolute Gasteiger partial charge is 0.410 e. The summed E-state index contributed by atoms with van der Waals surface area (Å²) in [5, 5.41) is 8.61. The number of nitriles is 1. The summed E-state index contributed by atoms with van der Waals surface area (Å²) in [6.45, 7) is 18.7. The highest BCUT2D eigenvalue weighted by Gasteiger charge is 2.29. The van der Waals surface area contributed by atoms with E-state index in [1.54, 1.807) is 35.2 Å². The van der Waals surface area contributed by atoms with Gasteiger partial charge in [0.1, 0.15) is 28.4 Å². The summed E-state index contributed by atoms with van der Waals surface area (Å²) >= 11 is 6.28. The van der Waals surface area contributed by atoms with Crippen molar-refractivity contribution in [2.45, 2.75) is 60.5 Å². The highest BCUT2D eigenvalue weighted by Crippen LogP contribution is 2.38. The number of anilines is 1. The first-order valence-corrected chi connectivity index (χ1v) is 16.8. The summed E-state index contributed by atoms with van der Waals surface area (Å²) in [5.74, 6) is -0.870. The van der Waals surface area contributed by atoms with Crippen molar-refractivity contribution in [1.82, 2.24) is 24.8 Å².